The normalized spacial score (nSPS) is 13.3. The fourth-order valence-corrected chi connectivity index (χ4v) is 3.33. The molecular weight excluding hydrogens is 449 g/mol. The third kappa shape index (κ3) is 6.84. The summed E-state index contributed by atoms with van der Waals surface area (Å²) in [6.45, 7) is 2.41. The highest BCUT2D eigenvalue weighted by molar-refractivity contribution is 7.45. The molecule has 2 aromatic heterocycles. The van der Waals surface area contributed by atoms with E-state index < -0.39 is 7.82 Å². The number of benzene rings is 1. The van der Waals surface area contributed by atoms with Crippen molar-refractivity contribution >= 4 is 42.5 Å². The van der Waals surface area contributed by atoms with Gasteiger partial charge in [-0.3, -0.25) is 9.59 Å². The van der Waals surface area contributed by atoms with Crippen molar-refractivity contribution in [3.05, 3.63) is 65.1 Å². The highest BCUT2D eigenvalue weighted by Crippen LogP contribution is 2.26. The SMILES string of the molecule is Cc1c(CN(C)C(=O)C=Cc2cnc3c(c2)CCC(=O)N3)oc2ccccc12.O=P(O)(O)O. The number of fused-ring (bicyclic) bond motifs is 2. The number of carbonyl (C=O) groups excluding carboxylic acids is 2. The number of nitrogens with zero attached hydrogens (tertiary/aromatic N) is 2. The minimum absolute atomic E-state index is 0.0130. The van der Waals surface area contributed by atoms with Crippen molar-refractivity contribution in [1.29, 1.82) is 0 Å². The minimum atomic E-state index is -4.64. The van der Waals surface area contributed by atoms with Crippen molar-refractivity contribution < 1.29 is 33.3 Å². The van der Waals surface area contributed by atoms with Crippen LogP contribution in [0.5, 0.6) is 0 Å². The molecule has 0 bridgehead atoms. The first kappa shape index (κ1) is 24.3. The Hall–Kier alpha value is -3.30. The van der Waals surface area contributed by atoms with Crippen molar-refractivity contribution in [2.24, 2.45) is 0 Å². The lowest BCUT2D eigenvalue weighted by molar-refractivity contribution is -0.125. The van der Waals surface area contributed by atoms with Crippen LogP contribution >= 0.6 is 7.82 Å². The number of hydrogen-bond acceptors (Lipinski definition) is 5. The monoisotopic (exact) mass is 473 g/mol. The van der Waals surface area contributed by atoms with Gasteiger partial charge in [-0.2, -0.15) is 0 Å². The van der Waals surface area contributed by atoms with Gasteiger partial charge in [0, 0.05) is 36.7 Å². The summed E-state index contributed by atoms with van der Waals surface area (Å²) in [7, 11) is -2.89. The average Bonchev–Trinajstić information content (AvgIpc) is 3.06. The van der Waals surface area contributed by atoms with E-state index in [4.69, 9.17) is 23.7 Å². The van der Waals surface area contributed by atoms with Crippen LogP contribution in [-0.4, -0.2) is 43.4 Å². The van der Waals surface area contributed by atoms with Crippen molar-refractivity contribution in [2.75, 3.05) is 12.4 Å². The Morgan fingerprint density at radius 1 is 1.27 bits per heavy atom. The molecular formula is C22H24N3O7P. The number of amides is 2. The maximum Gasteiger partial charge on any atom is 0.466 e. The Labute approximate surface area is 189 Å². The molecule has 174 valence electrons. The van der Waals surface area contributed by atoms with E-state index in [9.17, 15) is 9.59 Å². The number of aromatic nitrogens is 1. The lowest BCUT2D eigenvalue weighted by Crippen LogP contribution is -2.24. The van der Waals surface area contributed by atoms with Crippen LogP contribution < -0.4 is 5.32 Å². The second kappa shape index (κ2) is 10.1. The molecule has 0 unspecified atom stereocenters. The smallest absolute Gasteiger partial charge is 0.459 e. The molecule has 1 aliphatic heterocycles. The van der Waals surface area contributed by atoms with Crippen LogP contribution in [0.15, 0.2) is 47.0 Å². The number of para-hydroxylation sites is 1. The number of pyridine rings is 1. The zero-order valence-corrected chi connectivity index (χ0v) is 19.0. The molecule has 0 radical (unpaired) electrons. The Morgan fingerprint density at radius 2 is 1.97 bits per heavy atom. The van der Waals surface area contributed by atoms with E-state index in [1.165, 1.54) is 6.08 Å². The first-order valence-corrected chi connectivity index (χ1v) is 11.5. The van der Waals surface area contributed by atoms with Gasteiger partial charge in [-0.25, -0.2) is 9.55 Å². The number of anilines is 1. The van der Waals surface area contributed by atoms with Gasteiger partial charge < -0.3 is 29.3 Å². The molecule has 4 rings (SSSR count). The number of carbonyl (C=O) groups is 2. The Balaban J connectivity index is 0.000000555. The third-order valence-electron chi connectivity index (χ3n) is 4.98. The second-order valence-corrected chi connectivity index (χ2v) is 8.54. The summed E-state index contributed by atoms with van der Waals surface area (Å²) >= 11 is 0. The summed E-state index contributed by atoms with van der Waals surface area (Å²) in [4.78, 5) is 51.4. The topological polar surface area (TPSA) is 153 Å². The molecule has 1 aromatic carbocycles. The highest BCUT2D eigenvalue weighted by atomic mass is 31.2. The molecule has 3 heterocycles. The average molecular weight is 473 g/mol. The first-order chi connectivity index (χ1) is 15.5. The number of rotatable bonds is 4. The molecule has 0 saturated carbocycles. The fraction of sp³-hybridized carbons (Fsp3) is 0.227. The predicted molar refractivity (Wildman–Crippen MR) is 122 cm³/mol. The fourth-order valence-electron chi connectivity index (χ4n) is 3.33. The van der Waals surface area contributed by atoms with Crippen molar-refractivity contribution in [2.45, 2.75) is 26.3 Å². The second-order valence-electron chi connectivity index (χ2n) is 7.51. The number of nitrogens with one attached hydrogen (secondary N) is 1. The van der Waals surface area contributed by atoms with Crippen molar-refractivity contribution in [3.63, 3.8) is 0 Å². The summed E-state index contributed by atoms with van der Waals surface area (Å²) in [5.74, 6) is 1.26. The Kier molecular flexibility index (Phi) is 7.45. The number of furan rings is 1. The predicted octanol–water partition coefficient (Wildman–Crippen LogP) is 2.76. The molecule has 0 aliphatic carbocycles. The van der Waals surface area contributed by atoms with Gasteiger partial charge in [0.2, 0.25) is 11.8 Å². The lowest BCUT2D eigenvalue weighted by atomic mass is 10.0. The molecule has 10 nitrogen and oxygen atoms in total. The minimum Gasteiger partial charge on any atom is -0.459 e. The molecule has 2 amide bonds. The van der Waals surface area contributed by atoms with Crippen LogP contribution in [0.2, 0.25) is 0 Å². The van der Waals surface area contributed by atoms with E-state index in [1.54, 1.807) is 24.2 Å². The Morgan fingerprint density at radius 3 is 2.67 bits per heavy atom. The van der Waals surface area contributed by atoms with Gasteiger partial charge >= 0.3 is 7.82 Å². The summed E-state index contributed by atoms with van der Waals surface area (Å²) in [5.41, 5.74) is 3.70. The zero-order chi connectivity index (χ0) is 24.2. The Bertz CT molecular complexity index is 1250. The van der Waals surface area contributed by atoms with E-state index in [2.05, 4.69) is 10.3 Å². The first-order valence-electron chi connectivity index (χ1n) is 9.98. The van der Waals surface area contributed by atoms with Gasteiger partial charge in [0.05, 0.1) is 6.54 Å². The van der Waals surface area contributed by atoms with E-state index in [0.29, 0.717) is 25.2 Å². The number of hydrogen-bond donors (Lipinski definition) is 4. The van der Waals surface area contributed by atoms with Gasteiger partial charge in [0.25, 0.3) is 0 Å². The van der Waals surface area contributed by atoms with Crippen LogP contribution in [0.25, 0.3) is 17.0 Å². The van der Waals surface area contributed by atoms with Crippen molar-refractivity contribution in [3.8, 4) is 0 Å². The van der Waals surface area contributed by atoms with Crippen LogP contribution in [0.3, 0.4) is 0 Å². The molecule has 0 atom stereocenters. The third-order valence-corrected chi connectivity index (χ3v) is 4.98. The van der Waals surface area contributed by atoms with Gasteiger partial charge in [0.15, 0.2) is 0 Å². The number of likely N-dealkylation sites (N-methyl/N-ethyl adjacent to an activating group) is 1. The molecule has 1 aliphatic rings. The largest absolute Gasteiger partial charge is 0.466 e. The molecule has 0 saturated heterocycles. The summed E-state index contributed by atoms with van der Waals surface area (Å²) < 4.78 is 14.8. The molecule has 0 fully saturated rings. The van der Waals surface area contributed by atoms with E-state index in [0.717, 1.165) is 33.4 Å². The van der Waals surface area contributed by atoms with E-state index in [-0.39, 0.29) is 11.8 Å². The summed E-state index contributed by atoms with van der Waals surface area (Å²) in [6.07, 6.45) is 6.05. The van der Waals surface area contributed by atoms with Crippen LogP contribution in [0.4, 0.5) is 5.82 Å². The maximum absolute atomic E-state index is 12.5. The summed E-state index contributed by atoms with van der Waals surface area (Å²) in [5, 5.41) is 3.82. The number of phosphoric acid groups is 1. The molecule has 0 spiro atoms. The highest BCUT2D eigenvalue weighted by Gasteiger charge is 2.16. The van der Waals surface area contributed by atoms with Crippen LogP contribution in [0, 0.1) is 6.92 Å². The van der Waals surface area contributed by atoms with Crippen LogP contribution in [0.1, 0.15) is 28.9 Å². The van der Waals surface area contributed by atoms with Crippen LogP contribution in [-0.2, 0) is 27.1 Å². The maximum atomic E-state index is 12.5. The van der Waals surface area contributed by atoms with Crippen molar-refractivity contribution in [1.82, 2.24) is 9.88 Å². The number of aryl methyl sites for hydroxylation is 2. The molecule has 11 heteroatoms. The van der Waals surface area contributed by atoms with Gasteiger partial charge in [-0.05, 0) is 42.7 Å². The standard InChI is InChI=1S/C22H21N3O3.H3O4P/c1-14-17-5-3-4-6-18(17)28-19(14)13-25(2)21(27)10-7-15-11-16-8-9-20(26)24-22(16)23-12-15;1-5(2,3)4/h3-7,10-12H,8-9,13H2,1-2H3,(H,23,24,26);(H3,1,2,3,4). The molecule has 33 heavy (non-hydrogen) atoms. The zero-order valence-electron chi connectivity index (χ0n) is 18.1. The van der Waals surface area contributed by atoms with Gasteiger partial charge in [-0.1, -0.05) is 18.2 Å². The van der Waals surface area contributed by atoms with E-state index >= 15 is 0 Å². The lowest BCUT2D eigenvalue weighted by Gasteiger charge is -2.16. The molecule has 4 N–H and O–H groups in total. The quantitative estimate of drug-likeness (QED) is 0.333. The van der Waals surface area contributed by atoms with E-state index in [1.807, 2.05) is 37.3 Å². The summed E-state index contributed by atoms with van der Waals surface area (Å²) in [6, 6.07) is 9.81. The van der Waals surface area contributed by atoms with Gasteiger partial charge in [-0.15, -0.1) is 0 Å². The molecule has 3 aromatic rings. The van der Waals surface area contributed by atoms with Gasteiger partial charge in [0.1, 0.15) is 17.2 Å².